The monoisotopic (exact) mass is 385 g/mol. The van der Waals surface area contributed by atoms with Crippen LogP contribution in [0.25, 0.3) is 11.1 Å². The summed E-state index contributed by atoms with van der Waals surface area (Å²) in [4.78, 5) is 27.5. The van der Waals surface area contributed by atoms with Gasteiger partial charge in [-0.15, -0.1) is 0 Å². The Hall–Kier alpha value is -3.28. The molecule has 1 aliphatic rings. The zero-order valence-corrected chi connectivity index (χ0v) is 16.3. The predicted octanol–water partition coefficient (Wildman–Crippen LogP) is 3.51. The first-order chi connectivity index (χ1) is 14.1. The number of imide groups is 1. The zero-order valence-electron chi connectivity index (χ0n) is 16.3. The number of nitrogens with zero attached hydrogens (tertiary/aromatic N) is 1. The minimum atomic E-state index is -0.279. The van der Waals surface area contributed by atoms with Crippen molar-refractivity contribution in [3.63, 3.8) is 0 Å². The van der Waals surface area contributed by atoms with E-state index in [1.807, 2.05) is 61.5 Å². The molecular formula is C24H23N3O2. The Morgan fingerprint density at radius 3 is 2.38 bits per heavy atom. The summed E-state index contributed by atoms with van der Waals surface area (Å²) in [5.74, 6) is -0.557. The molecule has 0 aromatic heterocycles. The van der Waals surface area contributed by atoms with Gasteiger partial charge in [0.2, 0.25) is 0 Å². The van der Waals surface area contributed by atoms with Crippen LogP contribution in [-0.4, -0.2) is 24.9 Å². The lowest BCUT2D eigenvalue weighted by atomic mass is 9.99. The molecule has 3 N–H and O–H groups in total. The molecule has 2 amide bonds. The maximum absolute atomic E-state index is 13.2. The molecule has 1 heterocycles. The van der Waals surface area contributed by atoms with Crippen LogP contribution in [0.2, 0.25) is 0 Å². The summed E-state index contributed by atoms with van der Waals surface area (Å²) < 4.78 is 0. The fraction of sp³-hybridized carbons (Fsp3) is 0.167. The van der Waals surface area contributed by atoms with Crippen molar-refractivity contribution < 1.29 is 9.59 Å². The second-order valence-electron chi connectivity index (χ2n) is 7.11. The molecule has 1 aliphatic heterocycles. The van der Waals surface area contributed by atoms with Crippen LogP contribution in [0.1, 0.15) is 31.8 Å². The van der Waals surface area contributed by atoms with Crippen LogP contribution in [0.5, 0.6) is 0 Å². The van der Waals surface area contributed by atoms with Gasteiger partial charge in [0.15, 0.2) is 0 Å². The van der Waals surface area contributed by atoms with Gasteiger partial charge in [0.05, 0.1) is 16.8 Å². The fourth-order valence-electron chi connectivity index (χ4n) is 3.75. The number of rotatable bonds is 6. The molecule has 0 spiro atoms. The quantitative estimate of drug-likeness (QED) is 0.503. The molecule has 0 saturated heterocycles. The number of amides is 2. The van der Waals surface area contributed by atoms with Gasteiger partial charge >= 0.3 is 0 Å². The van der Waals surface area contributed by atoms with Crippen molar-refractivity contribution in [2.75, 3.05) is 18.0 Å². The second-order valence-corrected chi connectivity index (χ2v) is 7.11. The van der Waals surface area contributed by atoms with Crippen LogP contribution in [0.15, 0.2) is 66.7 Å². The number of hydrogen-bond donors (Lipinski definition) is 2. The van der Waals surface area contributed by atoms with Gasteiger partial charge in [0, 0.05) is 19.6 Å². The normalized spacial score (nSPS) is 13.1. The van der Waals surface area contributed by atoms with E-state index in [9.17, 15) is 9.59 Å². The lowest BCUT2D eigenvalue weighted by molar-refractivity contribution is 0.0926. The van der Waals surface area contributed by atoms with E-state index in [1.165, 1.54) is 4.90 Å². The van der Waals surface area contributed by atoms with Crippen LogP contribution in [0, 0.1) is 6.92 Å². The van der Waals surface area contributed by atoms with Crippen molar-refractivity contribution in [2.45, 2.75) is 13.5 Å². The van der Waals surface area contributed by atoms with Gasteiger partial charge in [-0.25, -0.2) is 4.90 Å². The van der Waals surface area contributed by atoms with Gasteiger partial charge in [0.25, 0.3) is 11.8 Å². The van der Waals surface area contributed by atoms with E-state index >= 15 is 0 Å². The highest BCUT2D eigenvalue weighted by Gasteiger charge is 2.37. The predicted molar refractivity (Wildman–Crippen MR) is 115 cm³/mol. The number of carbonyl (C=O) groups excluding carboxylic acids is 2. The third-order valence-corrected chi connectivity index (χ3v) is 5.23. The maximum atomic E-state index is 13.2. The van der Waals surface area contributed by atoms with Gasteiger partial charge in [-0.1, -0.05) is 48.5 Å². The first-order valence-corrected chi connectivity index (χ1v) is 9.69. The summed E-state index contributed by atoms with van der Waals surface area (Å²) in [6, 6.07) is 21.1. The fourth-order valence-corrected chi connectivity index (χ4v) is 3.75. The molecule has 0 saturated carbocycles. The summed E-state index contributed by atoms with van der Waals surface area (Å²) in [5.41, 5.74) is 10.9. The van der Waals surface area contributed by atoms with Gasteiger partial charge in [-0.05, 0) is 47.4 Å². The summed E-state index contributed by atoms with van der Waals surface area (Å²) >= 11 is 0. The zero-order chi connectivity index (χ0) is 20.4. The van der Waals surface area contributed by atoms with E-state index in [4.69, 9.17) is 5.73 Å². The third-order valence-electron chi connectivity index (χ3n) is 5.23. The molecule has 0 unspecified atom stereocenters. The van der Waals surface area contributed by atoms with Gasteiger partial charge < -0.3 is 11.1 Å². The Kier molecular flexibility index (Phi) is 5.25. The summed E-state index contributed by atoms with van der Waals surface area (Å²) in [6.45, 7) is 3.80. The van der Waals surface area contributed by atoms with E-state index in [2.05, 4.69) is 5.32 Å². The summed E-state index contributed by atoms with van der Waals surface area (Å²) in [6.07, 6.45) is 0. The first-order valence-electron chi connectivity index (χ1n) is 9.69. The Labute approximate surface area is 170 Å². The molecule has 0 atom stereocenters. The molecule has 3 aromatic rings. The number of carbonyl (C=O) groups is 2. The van der Waals surface area contributed by atoms with Gasteiger partial charge in [-0.2, -0.15) is 0 Å². The maximum Gasteiger partial charge on any atom is 0.266 e. The minimum Gasteiger partial charge on any atom is -0.329 e. The van der Waals surface area contributed by atoms with Crippen molar-refractivity contribution in [3.8, 4) is 11.1 Å². The van der Waals surface area contributed by atoms with E-state index in [0.29, 0.717) is 36.4 Å². The van der Waals surface area contributed by atoms with Crippen molar-refractivity contribution in [1.29, 1.82) is 0 Å². The van der Waals surface area contributed by atoms with Crippen molar-refractivity contribution >= 4 is 17.5 Å². The average molecular weight is 385 g/mol. The van der Waals surface area contributed by atoms with E-state index < -0.39 is 0 Å². The highest BCUT2D eigenvalue weighted by Crippen LogP contribution is 2.35. The van der Waals surface area contributed by atoms with Crippen LogP contribution in [0.4, 0.5) is 5.69 Å². The van der Waals surface area contributed by atoms with Crippen molar-refractivity contribution in [3.05, 3.63) is 89.0 Å². The minimum absolute atomic E-state index is 0.278. The number of hydrogen-bond acceptors (Lipinski definition) is 4. The van der Waals surface area contributed by atoms with Crippen molar-refractivity contribution in [2.24, 2.45) is 5.73 Å². The number of anilines is 1. The smallest absolute Gasteiger partial charge is 0.266 e. The molecule has 0 aliphatic carbocycles. The molecule has 5 heteroatoms. The lowest BCUT2D eigenvalue weighted by Crippen LogP contribution is -2.30. The number of nitrogens with one attached hydrogen (secondary N) is 1. The number of benzene rings is 3. The lowest BCUT2D eigenvalue weighted by Gasteiger charge is -2.19. The molecule has 0 radical (unpaired) electrons. The summed E-state index contributed by atoms with van der Waals surface area (Å²) in [7, 11) is 0. The van der Waals surface area contributed by atoms with E-state index in [1.54, 1.807) is 12.1 Å². The SMILES string of the molecule is Cc1c(-c2ccccc2)cccc1N1C(=O)c2ccc(CNCCN)cc2C1=O. The molecule has 3 aromatic carbocycles. The van der Waals surface area contributed by atoms with Crippen LogP contribution >= 0.6 is 0 Å². The van der Waals surface area contributed by atoms with Crippen LogP contribution in [-0.2, 0) is 6.54 Å². The Bertz CT molecular complexity index is 1080. The van der Waals surface area contributed by atoms with E-state index in [0.717, 1.165) is 22.3 Å². The highest BCUT2D eigenvalue weighted by molar-refractivity contribution is 6.34. The molecule has 5 nitrogen and oxygen atoms in total. The Balaban J connectivity index is 1.70. The van der Waals surface area contributed by atoms with Crippen LogP contribution < -0.4 is 16.0 Å². The Morgan fingerprint density at radius 2 is 1.62 bits per heavy atom. The third kappa shape index (κ3) is 3.46. The average Bonchev–Trinajstić information content (AvgIpc) is 2.99. The van der Waals surface area contributed by atoms with Gasteiger partial charge in [0.1, 0.15) is 0 Å². The topological polar surface area (TPSA) is 75.4 Å². The first kappa shape index (κ1) is 19.1. The van der Waals surface area contributed by atoms with E-state index in [-0.39, 0.29) is 11.8 Å². The molecule has 0 fully saturated rings. The molecule has 29 heavy (non-hydrogen) atoms. The molecular weight excluding hydrogens is 362 g/mol. The molecule has 146 valence electrons. The van der Waals surface area contributed by atoms with Crippen molar-refractivity contribution in [1.82, 2.24) is 5.32 Å². The van der Waals surface area contributed by atoms with Crippen LogP contribution in [0.3, 0.4) is 0 Å². The number of fused-ring (bicyclic) bond motifs is 1. The summed E-state index contributed by atoms with van der Waals surface area (Å²) in [5, 5.41) is 3.21. The largest absolute Gasteiger partial charge is 0.329 e. The standard InChI is InChI=1S/C24H23N3O2/c1-16-19(18-6-3-2-4-7-18)8-5-9-22(16)27-23(28)20-11-10-17(15-26-13-12-25)14-21(20)24(27)29/h2-11,14,26H,12-13,15,25H2,1H3. The van der Waals surface area contributed by atoms with Gasteiger partial charge in [-0.3, -0.25) is 9.59 Å². The molecule has 4 rings (SSSR count). The number of nitrogens with two attached hydrogens (primary N) is 1. The second kappa shape index (κ2) is 7.99. The Morgan fingerprint density at radius 1 is 0.862 bits per heavy atom. The molecule has 0 bridgehead atoms. The highest BCUT2D eigenvalue weighted by atomic mass is 16.2.